The van der Waals surface area contributed by atoms with E-state index in [4.69, 9.17) is 15.8 Å². The molecular formula is C9F3N3. The fourth-order valence-electron chi connectivity index (χ4n) is 0.968. The predicted octanol–water partition coefficient (Wildman–Crippen LogP) is 1.72. The summed E-state index contributed by atoms with van der Waals surface area (Å²) in [4.78, 5) is 0. The quantitative estimate of drug-likeness (QED) is 0.608. The first-order valence-corrected chi connectivity index (χ1v) is 3.49. The van der Waals surface area contributed by atoms with Crippen molar-refractivity contribution in [1.29, 1.82) is 15.8 Å². The Labute approximate surface area is 82.2 Å². The van der Waals surface area contributed by atoms with Crippen LogP contribution >= 0.6 is 0 Å². The molecule has 0 aliphatic carbocycles. The third-order valence-corrected chi connectivity index (χ3v) is 1.66. The molecule has 0 aromatic heterocycles. The summed E-state index contributed by atoms with van der Waals surface area (Å²) in [6.45, 7) is 0. The van der Waals surface area contributed by atoms with E-state index in [0.29, 0.717) is 0 Å². The zero-order valence-electron chi connectivity index (χ0n) is 6.98. The third kappa shape index (κ3) is 1.37. The highest BCUT2D eigenvalue weighted by molar-refractivity contribution is 5.52. The highest BCUT2D eigenvalue weighted by Gasteiger charge is 2.24. The van der Waals surface area contributed by atoms with E-state index in [1.807, 2.05) is 0 Å². The Morgan fingerprint density at radius 3 is 1.33 bits per heavy atom. The van der Waals surface area contributed by atoms with Crippen molar-refractivity contribution in [1.82, 2.24) is 0 Å². The van der Waals surface area contributed by atoms with Crippen LogP contribution in [-0.2, 0) is 0 Å². The summed E-state index contributed by atoms with van der Waals surface area (Å²) in [5.74, 6) is -4.96. The van der Waals surface area contributed by atoms with Crippen molar-refractivity contribution < 1.29 is 13.2 Å². The number of hydrogen-bond donors (Lipinski definition) is 0. The largest absolute Gasteiger partial charge is 0.204 e. The number of nitriles is 3. The number of benzene rings is 1. The van der Waals surface area contributed by atoms with Gasteiger partial charge >= 0.3 is 0 Å². The summed E-state index contributed by atoms with van der Waals surface area (Å²) in [7, 11) is 0. The van der Waals surface area contributed by atoms with E-state index in [2.05, 4.69) is 0 Å². The van der Waals surface area contributed by atoms with Gasteiger partial charge in [-0.25, -0.2) is 13.2 Å². The summed E-state index contributed by atoms with van der Waals surface area (Å²) in [5.41, 5.74) is -3.21. The average Bonchev–Trinajstić information content (AvgIpc) is 2.23. The monoisotopic (exact) mass is 207 g/mol. The lowest BCUT2D eigenvalue weighted by atomic mass is 10.0. The highest BCUT2D eigenvalue weighted by atomic mass is 19.2. The molecule has 6 heteroatoms. The van der Waals surface area contributed by atoms with Crippen LogP contribution in [0, 0.1) is 51.4 Å². The normalized spacial score (nSPS) is 8.80. The topological polar surface area (TPSA) is 71.4 Å². The molecule has 72 valence electrons. The first-order chi connectivity index (χ1) is 7.08. The summed E-state index contributed by atoms with van der Waals surface area (Å²) in [6, 6.07) is 3.44. The van der Waals surface area contributed by atoms with Gasteiger partial charge in [0.1, 0.15) is 34.9 Å². The molecule has 0 radical (unpaired) electrons. The van der Waals surface area contributed by atoms with Gasteiger partial charge in [-0.15, -0.1) is 0 Å². The molecule has 0 bridgehead atoms. The Kier molecular flexibility index (Phi) is 2.60. The Hall–Kier alpha value is -2.52. The molecule has 0 fully saturated rings. The fourth-order valence-corrected chi connectivity index (χ4v) is 0.968. The van der Waals surface area contributed by atoms with Gasteiger partial charge < -0.3 is 0 Å². The van der Waals surface area contributed by atoms with Gasteiger partial charge in [-0.2, -0.15) is 15.8 Å². The van der Waals surface area contributed by atoms with E-state index < -0.39 is 34.1 Å². The molecule has 0 atom stereocenters. The van der Waals surface area contributed by atoms with Gasteiger partial charge in [-0.1, -0.05) is 0 Å². The number of hydrogen-bond acceptors (Lipinski definition) is 3. The molecule has 0 spiro atoms. The maximum atomic E-state index is 13.2. The third-order valence-electron chi connectivity index (χ3n) is 1.66. The SMILES string of the molecule is N#Cc1c(F)c(F)c(C#N)c(C#N)c1F. The Morgan fingerprint density at radius 2 is 0.933 bits per heavy atom. The average molecular weight is 207 g/mol. The smallest absolute Gasteiger partial charge is 0.181 e. The number of halogens is 3. The van der Waals surface area contributed by atoms with Crippen LogP contribution in [0.4, 0.5) is 13.2 Å². The van der Waals surface area contributed by atoms with Crippen LogP contribution in [0.5, 0.6) is 0 Å². The molecule has 3 nitrogen and oxygen atoms in total. The van der Waals surface area contributed by atoms with Gasteiger partial charge in [0.15, 0.2) is 17.5 Å². The van der Waals surface area contributed by atoms with Crippen LogP contribution in [0.1, 0.15) is 16.7 Å². The lowest BCUT2D eigenvalue weighted by Gasteiger charge is -2.02. The zero-order chi connectivity index (χ0) is 11.6. The molecule has 0 saturated carbocycles. The van der Waals surface area contributed by atoms with Crippen LogP contribution in [0.25, 0.3) is 0 Å². The van der Waals surface area contributed by atoms with Crippen LogP contribution in [-0.4, -0.2) is 0 Å². The first-order valence-electron chi connectivity index (χ1n) is 3.49. The first kappa shape index (κ1) is 10.6. The lowest BCUT2D eigenvalue weighted by Crippen LogP contribution is -2.03. The molecule has 0 heterocycles. The van der Waals surface area contributed by atoms with Crippen molar-refractivity contribution in [2.24, 2.45) is 0 Å². The van der Waals surface area contributed by atoms with Gasteiger partial charge in [0, 0.05) is 0 Å². The second-order valence-electron chi connectivity index (χ2n) is 2.40. The Balaban J connectivity index is 3.88. The molecule has 0 saturated heterocycles. The minimum absolute atomic E-state index is 0.965. The highest BCUT2D eigenvalue weighted by Crippen LogP contribution is 2.23. The van der Waals surface area contributed by atoms with Crippen molar-refractivity contribution in [3.05, 3.63) is 34.1 Å². The van der Waals surface area contributed by atoms with Crippen LogP contribution in [0.3, 0.4) is 0 Å². The molecule has 1 rings (SSSR count). The Bertz CT molecular complexity index is 558. The second kappa shape index (κ2) is 3.69. The van der Waals surface area contributed by atoms with Gasteiger partial charge in [0.2, 0.25) is 0 Å². The van der Waals surface area contributed by atoms with Gasteiger partial charge in [-0.3, -0.25) is 0 Å². The van der Waals surface area contributed by atoms with Crippen molar-refractivity contribution in [2.45, 2.75) is 0 Å². The maximum absolute atomic E-state index is 13.2. The molecule has 0 N–H and O–H groups in total. The number of nitrogens with zero attached hydrogens (tertiary/aromatic N) is 3. The summed E-state index contributed by atoms with van der Waals surface area (Å²) in [6.07, 6.45) is 0. The molecule has 15 heavy (non-hydrogen) atoms. The molecule has 0 aliphatic heterocycles. The lowest BCUT2D eigenvalue weighted by molar-refractivity contribution is 0.487. The molecule has 0 unspecified atom stereocenters. The van der Waals surface area contributed by atoms with E-state index in [1.165, 1.54) is 6.07 Å². The van der Waals surface area contributed by atoms with Gasteiger partial charge in [0.25, 0.3) is 0 Å². The molecule has 0 aliphatic rings. The van der Waals surface area contributed by atoms with Crippen molar-refractivity contribution in [2.75, 3.05) is 0 Å². The molecule has 0 amide bonds. The minimum atomic E-state index is -1.76. The molecule has 1 aromatic carbocycles. The van der Waals surface area contributed by atoms with Crippen molar-refractivity contribution in [3.63, 3.8) is 0 Å². The van der Waals surface area contributed by atoms with Gasteiger partial charge in [0.05, 0.1) is 0 Å². The maximum Gasteiger partial charge on any atom is 0.181 e. The van der Waals surface area contributed by atoms with E-state index >= 15 is 0 Å². The fraction of sp³-hybridized carbons (Fsp3) is 0. The minimum Gasteiger partial charge on any atom is -0.204 e. The van der Waals surface area contributed by atoms with Crippen LogP contribution < -0.4 is 0 Å². The molecular weight excluding hydrogens is 207 g/mol. The van der Waals surface area contributed by atoms with Gasteiger partial charge in [-0.05, 0) is 0 Å². The summed E-state index contributed by atoms with van der Waals surface area (Å²) >= 11 is 0. The van der Waals surface area contributed by atoms with Crippen molar-refractivity contribution in [3.8, 4) is 18.2 Å². The van der Waals surface area contributed by atoms with E-state index in [-0.39, 0.29) is 0 Å². The number of rotatable bonds is 0. The molecule has 1 aromatic rings. The van der Waals surface area contributed by atoms with Crippen molar-refractivity contribution >= 4 is 0 Å². The van der Waals surface area contributed by atoms with E-state index in [0.717, 1.165) is 12.1 Å². The summed E-state index contributed by atoms with van der Waals surface area (Å²) < 4.78 is 39.1. The van der Waals surface area contributed by atoms with E-state index in [1.54, 1.807) is 0 Å². The van der Waals surface area contributed by atoms with Crippen LogP contribution in [0.15, 0.2) is 0 Å². The second-order valence-corrected chi connectivity index (χ2v) is 2.40. The summed E-state index contributed by atoms with van der Waals surface area (Å²) in [5, 5.41) is 25.1. The van der Waals surface area contributed by atoms with E-state index in [9.17, 15) is 13.2 Å². The van der Waals surface area contributed by atoms with Crippen LogP contribution in [0.2, 0.25) is 0 Å². The standard InChI is InChI=1S/C9F3N3/c10-7-4(1-13)5(2-14)8(11)9(12)6(7)3-15. The zero-order valence-corrected chi connectivity index (χ0v) is 6.98. The predicted molar refractivity (Wildman–Crippen MR) is 40.5 cm³/mol. The Morgan fingerprint density at radius 1 is 0.600 bits per heavy atom.